The van der Waals surface area contributed by atoms with Crippen LogP contribution in [-0.4, -0.2) is 0 Å². The van der Waals surface area contributed by atoms with Crippen LogP contribution in [0.1, 0.15) is 64.7 Å². The van der Waals surface area contributed by atoms with Crippen LogP contribution < -0.4 is 0 Å². The van der Waals surface area contributed by atoms with Gasteiger partial charge in [-0.05, 0) is 43.9 Å². The van der Waals surface area contributed by atoms with Gasteiger partial charge in [-0.1, -0.05) is 50.0 Å². The van der Waals surface area contributed by atoms with Crippen LogP contribution in [0.15, 0.2) is 23.8 Å². The number of rotatable bonds is 3. The summed E-state index contributed by atoms with van der Waals surface area (Å²) in [5.41, 5.74) is 2.34. The third-order valence-electron chi connectivity index (χ3n) is 4.11. The summed E-state index contributed by atoms with van der Waals surface area (Å²) in [5, 5.41) is 0. The van der Waals surface area contributed by atoms with Crippen molar-refractivity contribution < 1.29 is 0 Å². The van der Waals surface area contributed by atoms with Crippen LogP contribution in [0.25, 0.3) is 0 Å². The van der Waals surface area contributed by atoms with Gasteiger partial charge in [-0.15, -0.1) is 0 Å². The zero-order valence-electron chi connectivity index (χ0n) is 10.1. The van der Waals surface area contributed by atoms with E-state index in [1.165, 1.54) is 57.8 Å². The molecule has 0 unspecified atom stereocenters. The quantitative estimate of drug-likeness (QED) is 0.606. The van der Waals surface area contributed by atoms with Crippen molar-refractivity contribution in [2.24, 2.45) is 5.41 Å². The van der Waals surface area contributed by atoms with E-state index in [-0.39, 0.29) is 0 Å². The molecular formula is C15H24. The highest BCUT2D eigenvalue weighted by molar-refractivity contribution is 5.23. The average molecular weight is 204 g/mol. The van der Waals surface area contributed by atoms with Gasteiger partial charge in [0.05, 0.1) is 0 Å². The van der Waals surface area contributed by atoms with E-state index in [0.29, 0.717) is 0 Å². The van der Waals surface area contributed by atoms with Crippen LogP contribution in [0.5, 0.6) is 0 Å². The van der Waals surface area contributed by atoms with Gasteiger partial charge < -0.3 is 0 Å². The largest absolute Gasteiger partial charge is 0.0843 e. The van der Waals surface area contributed by atoms with Gasteiger partial charge in [-0.3, -0.25) is 0 Å². The molecule has 0 aromatic heterocycles. The summed E-state index contributed by atoms with van der Waals surface area (Å²) in [4.78, 5) is 0. The first-order valence-corrected chi connectivity index (χ1v) is 6.70. The summed E-state index contributed by atoms with van der Waals surface area (Å²) < 4.78 is 0. The maximum absolute atomic E-state index is 2.47. The van der Waals surface area contributed by atoms with Gasteiger partial charge in [0.25, 0.3) is 0 Å². The summed E-state index contributed by atoms with van der Waals surface area (Å²) in [7, 11) is 0. The fourth-order valence-electron chi connectivity index (χ4n) is 3.24. The van der Waals surface area contributed by atoms with Crippen LogP contribution in [0, 0.1) is 5.41 Å². The number of hydrogen-bond donors (Lipinski definition) is 0. The predicted octanol–water partition coefficient (Wildman–Crippen LogP) is 5.01. The zero-order valence-corrected chi connectivity index (χ0v) is 10.1. The zero-order chi connectivity index (χ0) is 10.6. The normalized spacial score (nSPS) is 25.0. The minimum atomic E-state index is 0.723. The van der Waals surface area contributed by atoms with E-state index in [4.69, 9.17) is 0 Å². The van der Waals surface area contributed by atoms with Gasteiger partial charge in [0, 0.05) is 0 Å². The van der Waals surface area contributed by atoms with E-state index in [1.54, 1.807) is 5.57 Å². The monoisotopic (exact) mass is 204 g/mol. The molecule has 0 N–H and O–H groups in total. The highest BCUT2D eigenvalue weighted by Gasteiger charge is 2.34. The first-order chi connectivity index (χ1) is 7.35. The fourth-order valence-corrected chi connectivity index (χ4v) is 3.24. The number of hydrogen-bond acceptors (Lipinski definition) is 0. The molecule has 84 valence electrons. The van der Waals surface area contributed by atoms with Gasteiger partial charge in [0.1, 0.15) is 0 Å². The fraction of sp³-hybridized carbons (Fsp3) is 0.733. The molecule has 0 bridgehead atoms. The smallest absolute Gasteiger partial charge is 0.0225 e. The van der Waals surface area contributed by atoms with Crippen molar-refractivity contribution in [1.82, 2.24) is 0 Å². The molecule has 0 heteroatoms. The molecule has 0 radical (unpaired) electrons. The first kappa shape index (κ1) is 11.0. The average Bonchev–Trinajstić information content (AvgIpc) is 2.67. The molecule has 0 heterocycles. The standard InChI is InChI=1S/C15H24/c1-2-3-4-8-14-9-7-12-15(13-14)10-5-6-11-15/h4,8-9H,2-3,5-7,10-13H2,1H3. The Hall–Kier alpha value is -0.520. The van der Waals surface area contributed by atoms with Crippen molar-refractivity contribution in [1.29, 1.82) is 0 Å². The summed E-state index contributed by atoms with van der Waals surface area (Å²) >= 11 is 0. The molecule has 0 amide bonds. The van der Waals surface area contributed by atoms with E-state index in [1.807, 2.05) is 0 Å². The van der Waals surface area contributed by atoms with E-state index < -0.39 is 0 Å². The molecule has 0 aromatic carbocycles. The Morgan fingerprint density at radius 3 is 2.80 bits per heavy atom. The van der Waals surface area contributed by atoms with Crippen molar-refractivity contribution in [3.8, 4) is 0 Å². The Bertz CT molecular complexity index is 251. The Kier molecular flexibility index (Phi) is 3.66. The van der Waals surface area contributed by atoms with Gasteiger partial charge >= 0.3 is 0 Å². The van der Waals surface area contributed by atoms with Gasteiger partial charge in [-0.2, -0.15) is 0 Å². The molecule has 0 saturated heterocycles. The second kappa shape index (κ2) is 5.01. The maximum atomic E-state index is 2.47. The lowest BCUT2D eigenvalue weighted by atomic mass is 9.73. The number of unbranched alkanes of at least 4 members (excludes halogenated alkanes) is 1. The summed E-state index contributed by atoms with van der Waals surface area (Å²) in [6.45, 7) is 2.25. The van der Waals surface area contributed by atoms with Crippen molar-refractivity contribution in [2.45, 2.75) is 64.7 Å². The first-order valence-electron chi connectivity index (χ1n) is 6.70. The molecule has 0 atom stereocenters. The molecule has 0 nitrogen and oxygen atoms in total. The molecule has 1 saturated carbocycles. The van der Waals surface area contributed by atoms with Gasteiger partial charge in [-0.25, -0.2) is 0 Å². The molecule has 1 fully saturated rings. The van der Waals surface area contributed by atoms with Crippen LogP contribution in [0.3, 0.4) is 0 Å². The van der Waals surface area contributed by atoms with Gasteiger partial charge in [0.15, 0.2) is 0 Å². The molecule has 2 aliphatic rings. The van der Waals surface area contributed by atoms with Crippen molar-refractivity contribution in [2.75, 3.05) is 0 Å². The SMILES string of the molecule is CCCC=CC1=CCCC2(CCCC2)C1. The molecule has 15 heavy (non-hydrogen) atoms. The lowest BCUT2D eigenvalue weighted by molar-refractivity contribution is 0.262. The minimum absolute atomic E-state index is 0.723. The second-order valence-electron chi connectivity index (χ2n) is 5.39. The van der Waals surface area contributed by atoms with Crippen LogP contribution in [-0.2, 0) is 0 Å². The lowest BCUT2D eigenvalue weighted by Crippen LogP contribution is -2.19. The highest BCUT2D eigenvalue weighted by atomic mass is 14.4. The lowest BCUT2D eigenvalue weighted by Gasteiger charge is -2.32. The Balaban J connectivity index is 1.93. The van der Waals surface area contributed by atoms with Crippen LogP contribution in [0.4, 0.5) is 0 Å². The molecule has 0 aromatic rings. The number of allylic oxidation sites excluding steroid dienone is 4. The van der Waals surface area contributed by atoms with Crippen molar-refractivity contribution in [3.63, 3.8) is 0 Å². The van der Waals surface area contributed by atoms with Crippen LogP contribution in [0.2, 0.25) is 0 Å². The molecule has 0 aliphatic heterocycles. The molecule has 1 spiro atoms. The Morgan fingerprint density at radius 1 is 1.27 bits per heavy atom. The van der Waals surface area contributed by atoms with Gasteiger partial charge in [0.2, 0.25) is 0 Å². The summed E-state index contributed by atoms with van der Waals surface area (Å²) in [6.07, 6.45) is 19.8. The van der Waals surface area contributed by atoms with Crippen LogP contribution >= 0.6 is 0 Å². The topological polar surface area (TPSA) is 0 Å². The summed E-state index contributed by atoms with van der Waals surface area (Å²) in [6, 6.07) is 0. The minimum Gasteiger partial charge on any atom is -0.0843 e. The summed E-state index contributed by atoms with van der Waals surface area (Å²) in [5.74, 6) is 0. The third kappa shape index (κ3) is 2.74. The highest BCUT2D eigenvalue weighted by Crippen LogP contribution is 2.49. The van der Waals surface area contributed by atoms with Crippen molar-refractivity contribution in [3.05, 3.63) is 23.8 Å². The molecular weight excluding hydrogens is 180 g/mol. The van der Waals surface area contributed by atoms with E-state index in [9.17, 15) is 0 Å². The predicted molar refractivity (Wildman–Crippen MR) is 66.9 cm³/mol. The van der Waals surface area contributed by atoms with E-state index >= 15 is 0 Å². The van der Waals surface area contributed by atoms with E-state index in [2.05, 4.69) is 25.2 Å². The Labute approximate surface area is 94.5 Å². The van der Waals surface area contributed by atoms with Crippen molar-refractivity contribution >= 4 is 0 Å². The molecule has 2 rings (SSSR count). The second-order valence-corrected chi connectivity index (χ2v) is 5.39. The molecule has 2 aliphatic carbocycles. The Morgan fingerprint density at radius 2 is 2.07 bits per heavy atom. The third-order valence-corrected chi connectivity index (χ3v) is 4.11. The maximum Gasteiger partial charge on any atom is -0.0225 e. The van der Waals surface area contributed by atoms with E-state index in [0.717, 1.165) is 5.41 Å².